The summed E-state index contributed by atoms with van der Waals surface area (Å²) in [6, 6.07) is 3.89. The molecule has 3 unspecified atom stereocenters. The van der Waals surface area contributed by atoms with Crippen molar-refractivity contribution in [2.45, 2.75) is 51.0 Å². The SMILES string of the molecule is CC(=O)OC1COCCC1Nc1ncc2ccc(C(C)C3(C)OCCO3)n2n1. The van der Waals surface area contributed by atoms with Crippen LogP contribution in [-0.4, -0.2) is 64.9 Å². The van der Waals surface area contributed by atoms with Crippen molar-refractivity contribution in [3.8, 4) is 0 Å². The molecule has 152 valence electrons. The van der Waals surface area contributed by atoms with Gasteiger partial charge in [-0.2, -0.15) is 0 Å². The van der Waals surface area contributed by atoms with Gasteiger partial charge in [0.05, 0.1) is 49.2 Å². The molecular weight excluding hydrogens is 364 g/mol. The minimum absolute atomic E-state index is 0.0166. The van der Waals surface area contributed by atoms with Crippen LogP contribution in [0.4, 0.5) is 5.95 Å². The predicted molar refractivity (Wildman–Crippen MR) is 100 cm³/mol. The molecule has 2 aliphatic heterocycles. The van der Waals surface area contributed by atoms with Gasteiger partial charge in [-0.3, -0.25) is 4.79 Å². The fourth-order valence-electron chi connectivity index (χ4n) is 3.74. The number of aromatic nitrogens is 3. The first-order valence-corrected chi connectivity index (χ1v) is 9.60. The lowest BCUT2D eigenvalue weighted by molar-refractivity contribution is -0.157. The fourth-order valence-corrected chi connectivity index (χ4v) is 3.74. The molecule has 0 amide bonds. The molecule has 2 aromatic rings. The van der Waals surface area contributed by atoms with Gasteiger partial charge < -0.3 is 24.3 Å². The van der Waals surface area contributed by atoms with Gasteiger partial charge >= 0.3 is 5.97 Å². The summed E-state index contributed by atoms with van der Waals surface area (Å²) < 4.78 is 24.3. The van der Waals surface area contributed by atoms with Crippen LogP contribution in [0.1, 0.15) is 38.8 Å². The largest absolute Gasteiger partial charge is 0.458 e. The van der Waals surface area contributed by atoms with Crippen LogP contribution in [0, 0.1) is 0 Å². The Hall–Kier alpha value is -2.23. The quantitative estimate of drug-likeness (QED) is 0.771. The molecule has 0 aliphatic carbocycles. The van der Waals surface area contributed by atoms with Crippen molar-refractivity contribution in [2.24, 2.45) is 0 Å². The summed E-state index contributed by atoms with van der Waals surface area (Å²) in [5.41, 5.74) is 1.87. The monoisotopic (exact) mass is 390 g/mol. The van der Waals surface area contributed by atoms with Gasteiger partial charge in [-0.25, -0.2) is 9.50 Å². The van der Waals surface area contributed by atoms with Gasteiger partial charge in [0.15, 0.2) is 5.79 Å². The topological polar surface area (TPSA) is 96.2 Å². The van der Waals surface area contributed by atoms with Crippen LogP contribution in [0.25, 0.3) is 5.52 Å². The molecule has 0 aromatic carbocycles. The second-order valence-electron chi connectivity index (χ2n) is 7.37. The molecule has 2 aromatic heterocycles. The van der Waals surface area contributed by atoms with Gasteiger partial charge in [-0.1, -0.05) is 6.92 Å². The zero-order valence-corrected chi connectivity index (χ0v) is 16.4. The molecule has 9 nitrogen and oxygen atoms in total. The summed E-state index contributed by atoms with van der Waals surface area (Å²) in [5, 5.41) is 7.97. The lowest BCUT2D eigenvalue weighted by Crippen LogP contribution is -2.44. The number of nitrogens with one attached hydrogen (secondary N) is 1. The third-order valence-electron chi connectivity index (χ3n) is 5.45. The fraction of sp³-hybridized carbons (Fsp3) is 0.632. The molecule has 2 saturated heterocycles. The lowest BCUT2D eigenvalue weighted by Gasteiger charge is -2.31. The normalized spacial score (nSPS) is 25.5. The van der Waals surface area contributed by atoms with E-state index in [2.05, 4.69) is 22.3 Å². The van der Waals surface area contributed by atoms with Crippen LogP contribution >= 0.6 is 0 Å². The zero-order valence-electron chi connectivity index (χ0n) is 16.4. The Kier molecular flexibility index (Phi) is 5.22. The van der Waals surface area contributed by atoms with E-state index in [1.54, 1.807) is 6.20 Å². The highest BCUT2D eigenvalue weighted by Crippen LogP contribution is 2.35. The van der Waals surface area contributed by atoms with Gasteiger partial charge in [0, 0.05) is 13.5 Å². The molecule has 28 heavy (non-hydrogen) atoms. The van der Waals surface area contributed by atoms with E-state index in [-0.39, 0.29) is 24.0 Å². The highest BCUT2D eigenvalue weighted by molar-refractivity contribution is 5.66. The van der Waals surface area contributed by atoms with Crippen molar-refractivity contribution >= 4 is 17.4 Å². The standard InChI is InChI=1S/C19H26N4O5/c1-12(19(3)26-8-9-27-19)16-5-4-14-10-20-18(22-23(14)16)21-15-6-7-25-11-17(15)28-13(2)24/h4-5,10,12,15,17H,6-9,11H2,1-3H3,(H,21,22). The summed E-state index contributed by atoms with van der Waals surface area (Å²) in [7, 11) is 0. The predicted octanol–water partition coefficient (Wildman–Crippen LogP) is 1.73. The molecule has 0 saturated carbocycles. The van der Waals surface area contributed by atoms with Crippen molar-refractivity contribution in [1.82, 2.24) is 14.6 Å². The minimum atomic E-state index is -0.673. The molecule has 0 bridgehead atoms. The highest BCUT2D eigenvalue weighted by atomic mass is 16.7. The summed E-state index contributed by atoms with van der Waals surface area (Å²) in [6.07, 6.45) is 2.10. The van der Waals surface area contributed by atoms with Crippen LogP contribution in [0.2, 0.25) is 0 Å². The van der Waals surface area contributed by atoms with Crippen molar-refractivity contribution in [2.75, 3.05) is 31.7 Å². The van der Waals surface area contributed by atoms with Gasteiger partial charge in [0.25, 0.3) is 0 Å². The number of fused-ring (bicyclic) bond motifs is 1. The molecule has 9 heteroatoms. The molecule has 0 spiro atoms. The Bertz CT molecular complexity index is 848. The molecule has 3 atom stereocenters. The molecule has 1 N–H and O–H groups in total. The van der Waals surface area contributed by atoms with Gasteiger partial charge in [0.1, 0.15) is 6.10 Å². The number of ether oxygens (including phenoxy) is 4. The Morgan fingerprint density at radius 1 is 1.36 bits per heavy atom. The second-order valence-corrected chi connectivity index (χ2v) is 7.37. The number of hydrogen-bond acceptors (Lipinski definition) is 8. The Balaban J connectivity index is 1.58. The average Bonchev–Trinajstić information content (AvgIpc) is 3.29. The van der Waals surface area contributed by atoms with E-state index in [4.69, 9.17) is 18.9 Å². The van der Waals surface area contributed by atoms with Crippen LogP contribution in [0.5, 0.6) is 0 Å². The van der Waals surface area contributed by atoms with Gasteiger partial charge in [-0.15, -0.1) is 5.10 Å². The van der Waals surface area contributed by atoms with Crippen LogP contribution in [-0.2, 0) is 23.7 Å². The first-order valence-electron chi connectivity index (χ1n) is 9.60. The smallest absolute Gasteiger partial charge is 0.303 e. The minimum Gasteiger partial charge on any atom is -0.458 e. The van der Waals surface area contributed by atoms with E-state index >= 15 is 0 Å². The molecule has 4 rings (SSSR count). The molecule has 0 radical (unpaired) electrons. The van der Waals surface area contributed by atoms with Gasteiger partial charge in [-0.05, 0) is 25.5 Å². The maximum atomic E-state index is 11.4. The van der Waals surface area contributed by atoms with Crippen LogP contribution < -0.4 is 5.32 Å². The average molecular weight is 390 g/mol. The van der Waals surface area contributed by atoms with Crippen molar-refractivity contribution < 1.29 is 23.7 Å². The van der Waals surface area contributed by atoms with Crippen molar-refractivity contribution in [3.05, 3.63) is 24.0 Å². The van der Waals surface area contributed by atoms with Crippen molar-refractivity contribution in [3.63, 3.8) is 0 Å². The second kappa shape index (κ2) is 7.65. The van der Waals surface area contributed by atoms with E-state index in [9.17, 15) is 4.79 Å². The Morgan fingerprint density at radius 2 is 2.14 bits per heavy atom. The molecule has 2 aliphatic rings. The molecule has 4 heterocycles. The lowest BCUT2D eigenvalue weighted by atomic mass is 9.99. The maximum Gasteiger partial charge on any atom is 0.303 e. The van der Waals surface area contributed by atoms with E-state index in [0.29, 0.717) is 38.8 Å². The van der Waals surface area contributed by atoms with Gasteiger partial charge in [0.2, 0.25) is 5.95 Å². The number of anilines is 1. The summed E-state index contributed by atoms with van der Waals surface area (Å²) in [5.74, 6) is -0.546. The Labute approximate surface area is 163 Å². The highest BCUT2D eigenvalue weighted by Gasteiger charge is 2.39. The number of carbonyl (C=O) groups is 1. The molecular formula is C19H26N4O5. The summed E-state index contributed by atoms with van der Waals surface area (Å²) in [4.78, 5) is 15.8. The maximum absolute atomic E-state index is 11.4. The first-order chi connectivity index (χ1) is 13.5. The summed E-state index contributed by atoms with van der Waals surface area (Å²) >= 11 is 0. The first kappa shape index (κ1) is 19.1. The van der Waals surface area contributed by atoms with E-state index in [1.807, 2.05) is 23.6 Å². The number of nitrogens with zero attached hydrogens (tertiary/aromatic N) is 3. The summed E-state index contributed by atoms with van der Waals surface area (Å²) in [6.45, 7) is 7.55. The third-order valence-corrected chi connectivity index (χ3v) is 5.45. The zero-order chi connectivity index (χ0) is 19.7. The Morgan fingerprint density at radius 3 is 2.89 bits per heavy atom. The molecule has 2 fully saturated rings. The number of esters is 1. The van der Waals surface area contributed by atoms with Crippen LogP contribution in [0.3, 0.4) is 0 Å². The number of carbonyl (C=O) groups excluding carboxylic acids is 1. The number of hydrogen-bond donors (Lipinski definition) is 1. The number of rotatable bonds is 5. The van der Waals surface area contributed by atoms with E-state index < -0.39 is 5.79 Å². The van der Waals surface area contributed by atoms with E-state index in [1.165, 1.54) is 6.92 Å². The van der Waals surface area contributed by atoms with Crippen LogP contribution in [0.15, 0.2) is 18.3 Å². The third kappa shape index (κ3) is 3.69. The van der Waals surface area contributed by atoms with Crippen molar-refractivity contribution in [1.29, 1.82) is 0 Å². The van der Waals surface area contributed by atoms with E-state index in [0.717, 1.165) is 11.2 Å².